The van der Waals surface area contributed by atoms with E-state index in [1.165, 1.54) is 11.1 Å². The number of nitrogens with one attached hydrogen (secondary N) is 1. The van der Waals surface area contributed by atoms with E-state index < -0.39 is 0 Å². The Kier molecular flexibility index (Phi) is 4.98. The molecule has 0 aromatic heterocycles. The van der Waals surface area contributed by atoms with E-state index in [-0.39, 0.29) is 5.91 Å². The average molecular weight is 337 g/mol. The van der Waals surface area contributed by atoms with Gasteiger partial charge in [-0.3, -0.25) is 4.79 Å². The van der Waals surface area contributed by atoms with E-state index >= 15 is 0 Å². The van der Waals surface area contributed by atoms with E-state index in [2.05, 4.69) is 36.2 Å². The van der Waals surface area contributed by atoms with Gasteiger partial charge in [0.15, 0.2) is 0 Å². The molecular weight excluding hydrogens is 310 g/mol. The Labute approximate surface area is 150 Å². The Morgan fingerprint density at radius 3 is 2.76 bits per heavy atom. The number of nitrogens with two attached hydrogens (primary N) is 1. The molecule has 0 saturated heterocycles. The van der Waals surface area contributed by atoms with Crippen molar-refractivity contribution in [2.75, 3.05) is 29.0 Å². The smallest absolute Gasteiger partial charge is 0.243 e. The molecule has 1 aliphatic heterocycles. The highest BCUT2D eigenvalue weighted by Crippen LogP contribution is 2.31. The van der Waals surface area contributed by atoms with Crippen LogP contribution in [-0.4, -0.2) is 19.0 Å². The Bertz CT molecular complexity index is 783. The number of amides is 1. The first kappa shape index (κ1) is 17.3. The van der Waals surface area contributed by atoms with E-state index in [0.717, 1.165) is 42.0 Å². The minimum Gasteiger partial charge on any atom is -0.398 e. The van der Waals surface area contributed by atoms with Crippen LogP contribution in [0.3, 0.4) is 0 Å². The molecule has 25 heavy (non-hydrogen) atoms. The van der Waals surface area contributed by atoms with Crippen molar-refractivity contribution in [2.45, 2.75) is 39.5 Å². The Morgan fingerprint density at radius 1 is 1.24 bits per heavy atom. The third-order valence-corrected chi connectivity index (χ3v) is 4.91. The fraction of sp³-hybridized carbons (Fsp3) is 0.381. The summed E-state index contributed by atoms with van der Waals surface area (Å²) in [6.45, 7) is 7.57. The van der Waals surface area contributed by atoms with Gasteiger partial charge in [0.05, 0.1) is 6.54 Å². The lowest BCUT2D eigenvalue weighted by Crippen LogP contribution is -2.37. The molecule has 3 N–H and O–H groups in total. The van der Waals surface area contributed by atoms with Crippen LogP contribution in [0.4, 0.5) is 17.1 Å². The van der Waals surface area contributed by atoms with Gasteiger partial charge in [0, 0.05) is 23.6 Å². The zero-order chi connectivity index (χ0) is 18.0. The van der Waals surface area contributed by atoms with Crippen LogP contribution in [-0.2, 0) is 11.2 Å². The number of nitrogen functional groups attached to an aromatic ring is 1. The first-order valence-corrected chi connectivity index (χ1v) is 8.99. The predicted octanol–water partition coefficient (Wildman–Crippen LogP) is 4.09. The third-order valence-electron chi connectivity index (χ3n) is 4.91. The predicted molar refractivity (Wildman–Crippen MR) is 105 cm³/mol. The van der Waals surface area contributed by atoms with Gasteiger partial charge in [-0.25, -0.2) is 0 Å². The van der Waals surface area contributed by atoms with E-state index in [4.69, 9.17) is 5.73 Å². The number of hydrogen-bond donors (Lipinski definition) is 2. The van der Waals surface area contributed by atoms with E-state index in [1.54, 1.807) is 0 Å². The number of carbonyl (C=O) groups excluding carboxylic acids is 1. The summed E-state index contributed by atoms with van der Waals surface area (Å²) >= 11 is 0. The number of aryl methyl sites for hydroxylation is 1. The molecule has 2 aromatic rings. The second-order valence-electron chi connectivity index (χ2n) is 7.11. The van der Waals surface area contributed by atoms with Crippen LogP contribution in [0.2, 0.25) is 0 Å². The standard InChI is InChI=1S/C21H27N3O/c1-14(2)16-8-4-7-15(3)21(16)23-20(25)13-24-12-6-9-17-18(22)10-5-11-19(17)24/h4-5,7-8,10-11,14H,6,9,12-13,22H2,1-3H3,(H,23,25). The molecule has 0 unspecified atom stereocenters. The highest BCUT2D eigenvalue weighted by atomic mass is 16.2. The van der Waals surface area contributed by atoms with Crippen LogP contribution < -0.4 is 16.0 Å². The van der Waals surface area contributed by atoms with Crippen molar-refractivity contribution in [1.29, 1.82) is 0 Å². The molecule has 132 valence electrons. The molecule has 0 saturated carbocycles. The Balaban J connectivity index is 1.78. The monoisotopic (exact) mass is 337 g/mol. The molecule has 0 bridgehead atoms. The molecule has 4 heteroatoms. The molecule has 1 amide bonds. The molecule has 0 fully saturated rings. The highest BCUT2D eigenvalue weighted by Gasteiger charge is 2.21. The third kappa shape index (κ3) is 3.63. The minimum absolute atomic E-state index is 0.0199. The van der Waals surface area contributed by atoms with Gasteiger partial charge in [0.1, 0.15) is 0 Å². The minimum atomic E-state index is 0.0199. The van der Waals surface area contributed by atoms with Crippen molar-refractivity contribution in [3.05, 3.63) is 53.1 Å². The fourth-order valence-electron chi connectivity index (χ4n) is 3.59. The Hall–Kier alpha value is -2.49. The van der Waals surface area contributed by atoms with Gasteiger partial charge < -0.3 is 16.0 Å². The average Bonchev–Trinajstić information content (AvgIpc) is 2.57. The van der Waals surface area contributed by atoms with Crippen LogP contribution in [0.1, 0.15) is 42.9 Å². The lowest BCUT2D eigenvalue weighted by atomic mass is 9.98. The number of hydrogen-bond acceptors (Lipinski definition) is 3. The molecule has 1 aliphatic rings. The molecule has 1 heterocycles. The van der Waals surface area contributed by atoms with Gasteiger partial charge in [0.25, 0.3) is 0 Å². The van der Waals surface area contributed by atoms with E-state index in [0.29, 0.717) is 12.5 Å². The van der Waals surface area contributed by atoms with Crippen LogP contribution in [0.25, 0.3) is 0 Å². The van der Waals surface area contributed by atoms with Crippen LogP contribution in [0.15, 0.2) is 36.4 Å². The number of benzene rings is 2. The molecular formula is C21H27N3O. The van der Waals surface area contributed by atoms with Gasteiger partial charge in [-0.15, -0.1) is 0 Å². The van der Waals surface area contributed by atoms with Crippen LogP contribution in [0, 0.1) is 6.92 Å². The molecule has 2 aromatic carbocycles. The summed E-state index contributed by atoms with van der Waals surface area (Å²) in [5, 5.41) is 3.14. The van der Waals surface area contributed by atoms with Crippen molar-refractivity contribution in [3.8, 4) is 0 Å². The maximum atomic E-state index is 12.7. The zero-order valence-electron chi connectivity index (χ0n) is 15.3. The number of nitrogens with zero attached hydrogens (tertiary/aromatic N) is 1. The van der Waals surface area contributed by atoms with Crippen molar-refractivity contribution < 1.29 is 4.79 Å². The lowest BCUT2D eigenvalue weighted by molar-refractivity contribution is -0.115. The number of anilines is 3. The van der Waals surface area contributed by atoms with Gasteiger partial charge in [-0.1, -0.05) is 38.1 Å². The second kappa shape index (κ2) is 7.18. The number of carbonyl (C=O) groups is 1. The number of fused-ring (bicyclic) bond motifs is 1. The van der Waals surface area contributed by atoms with Crippen molar-refractivity contribution in [3.63, 3.8) is 0 Å². The van der Waals surface area contributed by atoms with Crippen LogP contribution >= 0.6 is 0 Å². The maximum absolute atomic E-state index is 12.7. The first-order valence-electron chi connectivity index (χ1n) is 8.99. The molecule has 4 nitrogen and oxygen atoms in total. The summed E-state index contributed by atoms with van der Waals surface area (Å²) in [5.41, 5.74) is 12.4. The van der Waals surface area contributed by atoms with Crippen molar-refractivity contribution in [2.24, 2.45) is 0 Å². The molecule has 0 spiro atoms. The fourth-order valence-corrected chi connectivity index (χ4v) is 3.59. The largest absolute Gasteiger partial charge is 0.398 e. The second-order valence-corrected chi connectivity index (χ2v) is 7.11. The summed E-state index contributed by atoms with van der Waals surface area (Å²) in [5.74, 6) is 0.386. The summed E-state index contributed by atoms with van der Waals surface area (Å²) in [6.07, 6.45) is 2.01. The maximum Gasteiger partial charge on any atom is 0.243 e. The summed E-state index contributed by atoms with van der Waals surface area (Å²) in [6, 6.07) is 12.1. The van der Waals surface area contributed by atoms with Gasteiger partial charge in [0.2, 0.25) is 5.91 Å². The lowest BCUT2D eigenvalue weighted by Gasteiger charge is -2.31. The van der Waals surface area contributed by atoms with Crippen molar-refractivity contribution >= 4 is 23.0 Å². The van der Waals surface area contributed by atoms with E-state index in [1.807, 2.05) is 31.2 Å². The zero-order valence-corrected chi connectivity index (χ0v) is 15.3. The molecule has 3 rings (SSSR count). The summed E-state index contributed by atoms with van der Waals surface area (Å²) in [7, 11) is 0. The van der Waals surface area contributed by atoms with Gasteiger partial charge in [-0.05, 0) is 54.5 Å². The van der Waals surface area contributed by atoms with Gasteiger partial charge >= 0.3 is 0 Å². The first-order chi connectivity index (χ1) is 12.0. The van der Waals surface area contributed by atoms with Crippen LogP contribution in [0.5, 0.6) is 0 Å². The molecule has 0 radical (unpaired) electrons. The quantitative estimate of drug-likeness (QED) is 0.826. The molecule has 0 atom stereocenters. The van der Waals surface area contributed by atoms with Crippen molar-refractivity contribution in [1.82, 2.24) is 0 Å². The normalized spacial score (nSPS) is 13.7. The number of para-hydroxylation sites is 1. The van der Waals surface area contributed by atoms with Gasteiger partial charge in [-0.2, -0.15) is 0 Å². The summed E-state index contributed by atoms with van der Waals surface area (Å²) < 4.78 is 0. The van der Waals surface area contributed by atoms with E-state index in [9.17, 15) is 4.79 Å². The Morgan fingerprint density at radius 2 is 2.00 bits per heavy atom. The topological polar surface area (TPSA) is 58.4 Å². The summed E-state index contributed by atoms with van der Waals surface area (Å²) in [4.78, 5) is 14.9. The highest BCUT2D eigenvalue weighted by molar-refractivity contribution is 5.96. The number of rotatable bonds is 4. The molecule has 0 aliphatic carbocycles. The SMILES string of the molecule is Cc1cccc(C(C)C)c1NC(=O)CN1CCCc2c(N)cccc21.